The Morgan fingerprint density at radius 3 is 1.89 bits per heavy atom. The monoisotopic (exact) mass is 490 g/mol. The van der Waals surface area contributed by atoms with Crippen molar-refractivity contribution in [1.82, 2.24) is 0 Å². The molecule has 1 nitrogen and oxygen atoms in total. The van der Waals surface area contributed by atoms with E-state index in [1.54, 1.807) is 0 Å². The van der Waals surface area contributed by atoms with Gasteiger partial charge in [0.05, 0.1) is 0 Å². The molecule has 1 aliphatic heterocycles. The molecule has 2 aliphatic carbocycles. The third kappa shape index (κ3) is 2.88. The maximum atomic E-state index is 7.38. The molecule has 1 saturated carbocycles. The minimum atomic E-state index is -0.683. The smallest absolute Gasteiger partial charge is 0.178 e. The summed E-state index contributed by atoms with van der Waals surface area (Å²) in [4.78, 5) is 0. The molecule has 38 heavy (non-hydrogen) atoms. The maximum absolute atomic E-state index is 7.38. The van der Waals surface area contributed by atoms with Gasteiger partial charge in [0.15, 0.2) is 5.60 Å². The highest BCUT2D eigenvalue weighted by Crippen LogP contribution is 2.61. The molecule has 3 aliphatic rings. The van der Waals surface area contributed by atoms with Gasteiger partial charge in [-0.25, -0.2) is 0 Å². The molecule has 8 rings (SSSR count). The predicted octanol–water partition coefficient (Wildman–Crippen LogP) is 9.42. The van der Waals surface area contributed by atoms with Crippen molar-refractivity contribution < 1.29 is 4.74 Å². The Morgan fingerprint density at radius 1 is 0.579 bits per heavy atom. The van der Waals surface area contributed by atoms with Crippen LogP contribution in [0.4, 0.5) is 0 Å². The molecule has 0 atom stereocenters. The minimum absolute atomic E-state index is 0.0610. The van der Waals surface area contributed by atoms with Gasteiger partial charge in [0.2, 0.25) is 0 Å². The van der Waals surface area contributed by atoms with Crippen molar-refractivity contribution >= 4 is 16.8 Å². The van der Waals surface area contributed by atoms with Crippen molar-refractivity contribution in [1.29, 1.82) is 0 Å². The van der Waals surface area contributed by atoms with Crippen molar-refractivity contribution in [2.24, 2.45) is 0 Å². The van der Waals surface area contributed by atoms with E-state index in [0.29, 0.717) is 0 Å². The third-order valence-corrected chi connectivity index (χ3v) is 9.26. The zero-order valence-corrected chi connectivity index (χ0v) is 21.5. The van der Waals surface area contributed by atoms with Crippen LogP contribution in [-0.2, 0) is 11.0 Å². The van der Waals surface area contributed by atoms with Crippen molar-refractivity contribution in [2.75, 3.05) is 0 Å². The summed E-state index contributed by atoms with van der Waals surface area (Å²) in [5, 5.41) is 2.51. The van der Waals surface area contributed by atoms with E-state index < -0.39 is 5.60 Å². The molecule has 0 aromatic heterocycles. The Balaban J connectivity index is 1.47. The fourth-order valence-corrected chi connectivity index (χ4v) is 7.64. The maximum Gasteiger partial charge on any atom is 0.178 e. The van der Waals surface area contributed by atoms with Crippen molar-refractivity contribution in [3.63, 3.8) is 0 Å². The van der Waals surface area contributed by atoms with Crippen molar-refractivity contribution in [3.8, 4) is 16.9 Å². The molecule has 184 valence electrons. The first-order valence-electron chi connectivity index (χ1n) is 14.0. The van der Waals surface area contributed by atoms with Gasteiger partial charge in [0, 0.05) is 27.5 Å². The minimum Gasteiger partial charge on any atom is -0.472 e. The van der Waals surface area contributed by atoms with Crippen molar-refractivity contribution in [2.45, 2.75) is 43.1 Å². The first-order valence-corrected chi connectivity index (χ1v) is 14.0. The molecule has 1 spiro atoms. The van der Waals surface area contributed by atoms with Crippen LogP contribution < -0.4 is 4.74 Å². The molecular formula is C37H30O. The fraction of sp³-hybridized carbons (Fsp3) is 0.189. The number of rotatable bonds is 2. The van der Waals surface area contributed by atoms with Crippen LogP contribution in [0.5, 0.6) is 5.75 Å². The summed E-state index contributed by atoms with van der Waals surface area (Å²) in [6, 6.07) is 39.5. The molecular weight excluding hydrogens is 460 g/mol. The quantitative estimate of drug-likeness (QED) is 0.239. The normalized spacial score (nSPS) is 18.0. The number of benzene rings is 5. The van der Waals surface area contributed by atoms with Gasteiger partial charge in [-0.3, -0.25) is 0 Å². The highest BCUT2D eigenvalue weighted by Gasteiger charge is 2.48. The predicted molar refractivity (Wildman–Crippen MR) is 157 cm³/mol. The second-order valence-electron chi connectivity index (χ2n) is 11.1. The summed E-state index contributed by atoms with van der Waals surface area (Å²) >= 11 is 0. The summed E-state index contributed by atoms with van der Waals surface area (Å²) in [6.45, 7) is 0. The lowest BCUT2D eigenvalue weighted by Crippen LogP contribution is -2.35. The largest absolute Gasteiger partial charge is 0.472 e. The molecule has 1 heteroatoms. The zero-order valence-electron chi connectivity index (χ0n) is 21.5. The van der Waals surface area contributed by atoms with E-state index in [-0.39, 0.29) is 5.41 Å². The molecule has 1 fully saturated rings. The first-order chi connectivity index (χ1) is 18.8. The third-order valence-electron chi connectivity index (χ3n) is 9.26. The Hall–Kier alpha value is -4.10. The highest BCUT2D eigenvalue weighted by molar-refractivity contribution is 6.08. The fourth-order valence-electron chi connectivity index (χ4n) is 7.64. The Morgan fingerprint density at radius 2 is 1.18 bits per heavy atom. The van der Waals surface area contributed by atoms with Crippen LogP contribution in [0.2, 0.25) is 0 Å². The molecule has 5 aromatic carbocycles. The summed E-state index contributed by atoms with van der Waals surface area (Å²) in [5.41, 5.74) is 8.81. The summed E-state index contributed by atoms with van der Waals surface area (Å²) < 4.78 is 7.38. The Kier molecular flexibility index (Phi) is 4.73. The van der Waals surface area contributed by atoms with Crippen LogP contribution in [-0.4, -0.2) is 0 Å². The first kappa shape index (κ1) is 21.9. The lowest BCUT2D eigenvalue weighted by Gasteiger charge is -2.41. The van der Waals surface area contributed by atoms with Gasteiger partial charge >= 0.3 is 0 Å². The topological polar surface area (TPSA) is 9.23 Å². The Bertz CT molecular complexity index is 1670. The van der Waals surface area contributed by atoms with E-state index in [2.05, 4.69) is 121 Å². The number of fused-ring (bicyclic) bond motifs is 10. The SMILES string of the molecule is C1=CC(c2ccccc2)(c2ccccc2)Oc2c1c1c(c3ccccc23)-c2ccccc2C12CCCCC2. The van der Waals surface area contributed by atoms with E-state index >= 15 is 0 Å². The van der Waals surface area contributed by atoms with Crippen LogP contribution >= 0.6 is 0 Å². The van der Waals surface area contributed by atoms with Crippen LogP contribution in [0.15, 0.2) is 115 Å². The number of hydrogen-bond acceptors (Lipinski definition) is 1. The molecule has 0 radical (unpaired) electrons. The highest BCUT2D eigenvalue weighted by atomic mass is 16.5. The van der Waals surface area contributed by atoms with Crippen LogP contribution in [0, 0.1) is 0 Å². The molecule has 0 bridgehead atoms. The van der Waals surface area contributed by atoms with Gasteiger partial charge in [-0.2, -0.15) is 0 Å². The van der Waals surface area contributed by atoms with E-state index in [1.807, 2.05) is 0 Å². The van der Waals surface area contributed by atoms with E-state index in [0.717, 1.165) is 16.9 Å². The van der Waals surface area contributed by atoms with E-state index in [9.17, 15) is 0 Å². The number of hydrogen-bond donors (Lipinski definition) is 0. The van der Waals surface area contributed by atoms with Gasteiger partial charge in [0.25, 0.3) is 0 Å². The average molecular weight is 491 g/mol. The summed E-state index contributed by atoms with van der Waals surface area (Å²) in [5.74, 6) is 1.02. The summed E-state index contributed by atoms with van der Waals surface area (Å²) in [7, 11) is 0. The van der Waals surface area contributed by atoms with Gasteiger partial charge < -0.3 is 4.74 Å². The molecule has 1 heterocycles. The zero-order chi connectivity index (χ0) is 25.2. The van der Waals surface area contributed by atoms with Gasteiger partial charge in [0.1, 0.15) is 5.75 Å². The average Bonchev–Trinajstić information content (AvgIpc) is 3.28. The Labute approximate surface area is 224 Å². The lowest BCUT2D eigenvalue weighted by atomic mass is 9.66. The molecule has 0 saturated heterocycles. The van der Waals surface area contributed by atoms with Crippen molar-refractivity contribution in [3.05, 3.63) is 143 Å². The molecule has 5 aromatic rings. The molecule has 0 N–H and O–H groups in total. The summed E-state index contributed by atoms with van der Waals surface area (Å²) in [6.07, 6.45) is 11.0. The molecule has 0 amide bonds. The number of ether oxygens (including phenoxy) is 1. The van der Waals surface area contributed by atoms with E-state index in [1.165, 1.54) is 70.7 Å². The standard InChI is InChI=1S/C37H30O/c1-4-14-26(15-5-1)37(27-16-6-2-7-17-27)25-22-31-34-33(28-18-8-9-19-29(28)35(31)38-37)30-20-10-11-21-32(30)36(34)23-12-3-13-24-36/h1-2,4-11,14-22,25H,3,12-13,23-24H2. The van der Waals surface area contributed by atoms with Crippen LogP contribution in [0.1, 0.15) is 59.9 Å². The van der Waals surface area contributed by atoms with Gasteiger partial charge in [-0.1, -0.05) is 135 Å². The van der Waals surface area contributed by atoms with Gasteiger partial charge in [-0.05, 0) is 46.6 Å². The molecule has 0 unspecified atom stereocenters. The van der Waals surface area contributed by atoms with Crippen LogP contribution in [0.25, 0.3) is 28.0 Å². The lowest BCUT2D eigenvalue weighted by molar-refractivity contribution is 0.163. The second-order valence-corrected chi connectivity index (χ2v) is 11.1. The van der Waals surface area contributed by atoms with Gasteiger partial charge in [-0.15, -0.1) is 0 Å². The second kappa shape index (κ2) is 8.20. The van der Waals surface area contributed by atoms with Crippen LogP contribution in [0.3, 0.4) is 0 Å². The van der Waals surface area contributed by atoms with E-state index in [4.69, 9.17) is 4.74 Å².